The molecule has 4 heteroatoms. The summed E-state index contributed by atoms with van der Waals surface area (Å²) >= 11 is 0. The molecule has 4 nitrogen and oxygen atoms in total. The SMILES string of the molecule is CCOC1(C(N)Cc2cnn(CC)c2)CCCC(C)C1. The quantitative estimate of drug-likeness (QED) is 0.871. The van der Waals surface area contributed by atoms with Gasteiger partial charge < -0.3 is 10.5 Å². The van der Waals surface area contributed by atoms with Crippen molar-refractivity contribution in [3.63, 3.8) is 0 Å². The third kappa shape index (κ3) is 3.41. The first-order valence-corrected chi connectivity index (χ1v) is 8.00. The standard InChI is InChI=1S/C16H29N3O/c1-4-19-12-14(11-18-19)9-15(17)16(20-5-2)8-6-7-13(3)10-16/h11-13,15H,4-10,17H2,1-3H3. The number of ether oxygens (including phenoxy) is 1. The van der Waals surface area contributed by atoms with Gasteiger partial charge in [0.25, 0.3) is 0 Å². The zero-order valence-corrected chi connectivity index (χ0v) is 13.1. The molecule has 0 aliphatic heterocycles. The Hall–Kier alpha value is -0.870. The van der Waals surface area contributed by atoms with E-state index in [1.807, 2.05) is 10.9 Å². The van der Waals surface area contributed by atoms with Gasteiger partial charge in [0.1, 0.15) is 0 Å². The van der Waals surface area contributed by atoms with E-state index in [4.69, 9.17) is 10.5 Å². The first-order chi connectivity index (χ1) is 9.59. The second-order valence-electron chi connectivity index (χ2n) is 6.21. The molecular weight excluding hydrogens is 250 g/mol. The number of nitrogens with zero attached hydrogens (tertiary/aromatic N) is 2. The van der Waals surface area contributed by atoms with E-state index in [1.54, 1.807) is 0 Å². The van der Waals surface area contributed by atoms with Crippen LogP contribution in [-0.2, 0) is 17.7 Å². The van der Waals surface area contributed by atoms with Crippen LogP contribution in [0, 0.1) is 5.92 Å². The number of hydrogen-bond donors (Lipinski definition) is 1. The van der Waals surface area contributed by atoms with Crippen LogP contribution in [0.4, 0.5) is 0 Å². The summed E-state index contributed by atoms with van der Waals surface area (Å²) in [6.45, 7) is 8.14. The van der Waals surface area contributed by atoms with E-state index in [9.17, 15) is 0 Å². The highest BCUT2D eigenvalue weighted by Crippen LogP contribution is 2.38. The summed E-state index contributed by atoms with van der Waals surface area (Å²) in [5.74, 6) is 0.708. The predicted octanol–water partition coefficient (Wildman–Crippen LogP) is 2.76. The maximum Gasteiger partial charge on any atom is 0.0838 e. The summed E-state index contributed by atoms with van der Waals surface area (Å²) in [6.07, 6.45) is 9.60. The van der Waals surface area contributed by atoms with Gasteiger partial charge in [0.15, 0.2) is 0 Å². The van der Waals surface area contributed by atoms with Crippen LogP contribution in [0.1, 0.15) is 52.0 Å². The fourth-order valence-electron chi connectivity index (χ4n) is 3.53. The van der Waals surface area contributed by atoms with Crippen molar-refractivity contribution in [2.24, 2.45) is 11.7 Å². The topological polar surface area (TPSA) is 53.1 Å². The fraction of sp³-hybridized carbons (Fsp3) is 0.812. The maximum atomic E-state index is 6.55. The molecule has 1 aromatic rings. The van der Waals surface area contributed by atoms with Gasteiger partial charge in [-0.25, -0.2) is 0 Å². The number of hydrogen-bond acceptors (Lipinski definition) is 3. The van der Waals surface area contributed by atoms with Crippen molar-refractivity contribution in [3.05, 3.63) is 18.0 Å². The maximum absolute atomic E-state index is 6.55. The van der Waals surface area contributed by atoms with Crippen molar-refractivity contribution in [1.82, 2.24) is 9.78 Å². The van der Waals surface area contributed by atoms with E-state index in [1.165, 1.54) is 18.4 Å². The molecule has 3 unspecified atom stereocenters. The second-order valence-corrected chi connectivity index (χ2v) is 6.21. The molecule has 1 aliphatic carbocycles. The molecule has 0 radical (unpaired) electrons. The lowest BCUT2D eigenvalue weighted by molar-refractivity contribution is -0.0925. The lowest BCUT2D eigenvalue weighted by Gasteiger charge is -2.44. The molecule has 2 rings (SSSR count). The Labute approximate surface area is 122 Å². The molecular formula is C16H29N3O. The molecule has 20 heavy (non-hydrogen) atoms. The van der Waals surface area contributed by atoms with Crippen molar-refractivity contribution in [3.8, 4) is 0 Å². The van der Waals surface area contributed by atoms with E-state index in [0.29, 0.717) is 5.92 Å². The van der Waals surface area contributed by atoms with E-state index in [2.05, 4.69) is 32.1 Å². The van der Waals surface area contributed by atoms with Gasteiger partial charge in [0.2, 0.25) is 0 Å². The van der Waals surface area contributed by atoms with Crippen LogP contribution in [0.3, 0.4) is 0 Å². The van der Waals surface area contributed by atoms with Gasteiger partial charge in [-0.2, -0.15) is 5.10 Å². The van der Waals surface area contributed by atoms with Crippen LogP contribution in [0.2, 0.25) is 0 Å². The highest BCUT2D eigenvalue weighted by molar-refractivity contribution is 5.10. The Morgan fingerprint density at radius 2 is 2.35 bits per heavy atom. The molecule has 1 aromatic heterocycles. The molecule has 1 fully saturated rings. The van der Waals surface area contributed by atoms with Crippen LogP contribution in [0.5, 0.6) is 0 Å². The third-order valence-corrected chi connectivity index (χ3v) is 4.56. The summed E-state index contributed by atoms with van der Waals surface area (Å²) in [4.78, 5) is 0. The Morgan fingerprint density at radius 3 is 2.95 bits per heavy atom. The van der Waals surface area contributed by atoms with Crippen LogP contribution in [-0.4, -0.2) is 28.0 Å². The summed E-state index contributed by atoms with van der Waals surface area (Å²) in [6, 6.07) is 0.0553. The number of rotatable bonds is 6. The summed E-state index contributed by atoms with van der Waals surface area (Å²) in [5.41, 5.74) is 7.63. The Kier molecular flexibility index (Phi) is 5.22. The van der Waals surface area contributed by atoms with E-state index < -0.39 is 0 Å². The van der Waals surface area contributed by atoms with Crippen LogP contribution >= 0.6 is 0 Å². The van der Waals surface area contributed by atoms with Crippen LogP contribution in [0.15, 0.2) is 12.4 Å². The average molecular weight is 279 g/mol. The summed E-state index contributed by atoms with van der Waals surface area (Å²) in [7, 11) is 0. The number of nitrogens with two attached hydrogens (primary N) is 1. The first-order valence-electron chi connectivity index (χ1n) is 8.00. The van der Waals surface area contributed by atoms with E-state index in [-0.39, 0.29) is 11.6 Å². The van der Waals surface area contributed by atoms with Gasteiger partial charge in [-0.15, -0.1) is 0 Å². The van der Waals surface area contributed by atoms with Gasteiger partial charge >= 0.3 is 0 Å². The highest BCUT2D eigenvalue weighted by Gasteiger charge is 2.40. The minimum atomic E-state index is -0.138. The minimum Gasteiger partial charge on any atom is -0.374 e. The molecule has 0 aromatic carbocycles. The molecule has 1 saturated carbocycles. The van der Waals surface area contributed by atoms with Crippen molar-refractivity contribution in [2.45, 2.75) is 71.1 Å². The van der Waals surface area contributed by atoms with Gasteiger partial charge in [-0.3, -0.25) is 4.68 Å². The lowest BCUT2D eigenvalue weighted by Crippen LogP contribution is -2.53. The molecule has 114 valence electrons. The van der Waals surface area contributed by atoms with Crippen molar-refractivity contribution in [1.29, 1.82) is 0 Å². The third-order valence-electron chi connectivity index (χ3n) is 4.56. The second kappa shape index (κ2) is 6.72. The first kappa shape index (κ1) is 15.5. The van der Waals surface area contributed by atoms with Crippen LogP contribution < -0.4 is 5.73 Å². The van der Waals surface area contributed by atoms with Gasteiger partial charge in [0.05, 0.1) is 11.8 Å². The molecule has 1 aliphatic rings. The minimum absolute atomic E-state index is 0.0553. The fourth-order valence-corrected chi connectivity index (χ4v) is 3.53. The molecule has 0 saturated heterocycles. The normalized spacial score (nSPS) is 28.5. The van der Waals surface area contributed by atoms with E-state index in [0.717, 1.165) is 32.4 Å². The van der Waals surface area contributed by atoms with Crippen molar-refractivity contribution >= 4 is 0 Å². The molecule has 2 N–H and O–H groups in total. The van der Waals surface area contributed by atoms with Crippen LogP contribution in [0.25, 0.3) is 0 Å². The Morgan fingerprint density at radius 1 is 1.55 bits per heavy atom. The smallest absolute Gasteiger partial charge is 0.0838 e. The highest BCUT2D eigenvalue weighted by atomic mass is 16.5. The predicted molar refractivity (Wildman–Crippen MR) is 81.6 cm³/mol. The zero-order valence-electron chi connectivity index (χ0n) is 13.1. The van der Waals surface area contributed by atoms with E-state index >= 15 is 0 Å². The molecule has 0 bridgehead atoms. The lowest BCUT2D eigenvalue weighted by atomic mass is 9.73. The molecule has 0 amide bonds. The average Bonchev–Trinajstić information content (AvgIpc) is 2.86. The van der Waals surface area contributed by atoms with Gasteiger partial charge in [-0.05, 0) is 44.6 Å². The number of aromatic nitrogens is 2. The Bertz CT molecular complexity index is 414. The van der Waals surface area contributed by atoms with Crippen molar-refractivity contribution < 1.29 is 4.74 Å². The van der Waals surface area contributed by atoms with Gasteiger partial charge in [0, 0.05) is 25.4 Å². The summed E-state index contributed by atoms with van der Waals surface area (Å²) < 4.78 is 8.11. The summed E-state index contributed by atoms with van der Waals surface area (Å²) in [5, 5.41) is 4.34. The zero-order chi connectivity index (χ0) is 14.6. The molecule has 0 spiro atoms. The van der Waals surface area contributed by atoms with Gasteiger partial charge in [-0.1, -0.05) is 19.8 Å². The monoisotopic (exact) mass is 279 g/mol. The molecule has 3 atom stereocenters. The molecule has 1 heterocycles. The largest absolute Gasteiger partial charge is 0.374 e. The number of aryl methyl sites for hydroxylation is 1. The Balaban J connectivity index is 2.07. The van der Waals surface area contributed by atoms with Crippen molar-refractivity contribution in [2.75, 3.05) is 6.61 Å².